The molecule has 0 atom stereocenters. The van der Waals surface area contributed by atoms with Crippen LogP contribution in [0.1, 0.15) is 63.1 Å². The van der Waals surface area contributed by atoms with E-state index in [9.17, 15) is 4.79 Å². The number of aromatic nitrogens is 1. The van der Waals surface area contributed by atoms with Crippen LogP contribution in [-0.4, -0.2) is 53.5 Å². The summed E-state index contributed by atoms with van der Waals surface area (Å²) in [5, 5.41) is 9.13. The van der Waals surface area contributed by atoms with E-state index in [0.29, 0.717) is 12.2 Å². The van der Waals surface area contributed by atoms with E-state index < -0.39 is 0 Å². The maximum Gasteiger partial charge on any atom is 0.325 e. The Kier molecular flexibility index (Phi) is 5.64. The van der Waals surface area contributed by atoms with Crippen molar-refractivity contribution in [2.45, 2.75) is 62.9 Å². The molecule has 2 amide bonds. The highest BCUT2D eigenvalue weighted by Crippen LogP contribution is 2.51. The molecule has 6 heteroatoms. The van der Waals surface area contributed by atoms with Gasteiger partial charge in [-0.3, -0.25) is 9.80 Å². The zero-order valence-electron chi connectivity index (χ0n) is 20.6. The summed E-state index contributed by atoms with van der Waals surface area (Å²) in [7, 11) is 4.37. The number of rotatable bonds is 5. The molecular weight excluding hydrogens is 422 g/mol. The van der Waals surface area contributed by atoms with Gasteiger partial charge in [-0.15, -0.1) is 0 Å². The predicted octanol–water partition coefficient (Wildman–Crippen LogP) is 5.16. The van der Waals surface area contributed by atoms with Crippen molar-refractivity contribution >= 4 is 11.7 Å². The van der Waals surface area contributed by atoms with Crippen molar-refractivity contribution in [1.82, 2.24) is 14.8 Å². The van der Waals surface area contributed by atoms with Crippen molar-refractivity contribution in [2.75, 3.05) is 32.1 Å². The van der Waals surface area contributed by atoms with E-state index in [0.717, 1.165) is 37.9 Å². The van der Waals surface area contributed by atoms with Gasteiger partial charge in [0.15, 0.2) is 0 Å². The summed E-state index contributed by atoms with van der Waals surface area (Å²) in [5.41, 5.74) is 2.57. The van der Waals surface area contributed by atoms with Gasteiger partial charge in [0, 0.05) is 12.1 Å². The summed E-state index contributed by atoms with van der Waals surface area (Å²) in [5.74, 6) is 0. The predicted molar refractivity (Wildman–Crippen MR) is 133 cm³/mol. The highest BCUT2D eigenvalue weighted by molar-refractivity contribution is 5.95. The maximum atomic E-state index is 13.9. The van der Waals surface area contributed by atoms with Crippen molar-refractivity contribution in [3.8, 4) is 6.07 Å². The van der Waals surface area contributed by atoms with Gasteiger partial charge >= 0.3 is 6.03 Å². The lowest BCUT2D eigenvalue weighted by Gasteiger charge is -2.53. The quantitative estimate of drug-likeness (QED) is 0.622. The summed E-state index contributed by atoms with van der Waals surface area (Å²) in [6.07, 6.45) is 9.30. The Morgan fingerprint density at radius 2 is 1.74 bits per heavy atom. The average molecular weight is 458 g/mol. The topological polar surface area (TPSA) is 63.5 Å². The lowest BCUT2D eigenvalue weighted by Crippen LogP contribution is -2.57. The van der Waals surface area contributed by atoms with Gasteiger partial charge in [-0.2, -0.15) is 5.26 Å². The molecule has 5 rings (SSSR count). The first-order chi connectivity index (χ1) is 16.3. The van der Waals surface area contributed by atoms with Gasteiger partial charge < -0.3 is 4.90 Å². The second-order valence-corrected chi connectivity index (χ2v) is 11.1. The number of anilines is 1. The molecule has 0 bridgehead atoms. The molecule has 2 heterocycles. The first-order valence-corrected chi connectivity index (χ1v) is 12.5. The second-order valence-electron chi connectivity index (χ2n) is 11.1. The smallest absolute Gasteiger partial charge is 0.316 e. The number of nitriles is 1. The summed E-state index contributed by atoms with van der Waals surface area (Å²) >= 11 is 0. The van der Waals surface area contributed by atoms with Gasteiger partial charge in [0.2, 0.25) is 0 Å². The molecule has 3 aliphatic rings. The van der Waals surface area contributed by atoms with Gasteiger partial charge in [0.25, 0.3) is 0 Å². The molecule has 178 valence electrons. The molecule has 0 N–H and O–H groups in total. The van der Waals surface area contributed by atoms with E-state index in [1.807, 2.05) is 11.0 Å². The average Bonchev–Trinajstić information content (AvgIpc) is 3.10. The van der Waals surface area contributed by atoms with E-state index in [1.54, 1.807) is 12.3 Å². The summed E-state index contributed by atoms with van der Waals surface area (Å²) in [4.78, 5) is 24.6. The Morgan fingerprint density at radius 1 is 1.03 bits per heavy atom. The third-order valence-electron chi connectivity index (χ3n) is 8.94. The monoisotopic (exact) mass is 457 g/mol. The van der Waals surface area contributed by atoms with Crippen LogP contribution in [0.15, 0.2) is 48.7 Å². The lowest BCUT2D eigenvalue weighted by atomic mass is 9.66. The van der Waals surface area contributed by atoms with Crippen molar-refractivity contribution in [3.63, 3.8) is 0 Å². The van der Waals surface area contributed by atoms with E-state index >= 15 is 0 Å². The van der Waals surface area contributed by atoms with Crippen molar-refractivity contribution in [3.05, 3.63) is 59.9 Å². The minimum atomic E-state index is -0.169. The molecule has 1 spiro atoms. The SMILES string of the molecule is CN(C)C1(c2ccccc2)CCC2(CC1)CN(c1ccc(C#N)nc1)C(=O)N2CC1(C)CCC1. The van der Waals surface area contributed by atoms with E-state index in [2.05, 4.69) is 72.2 Å². The first kappa shape index (κ1) is 22.9. The third-order valence-corrected chi connectivity index (χ3v) is 8.94. The molecule has 2 saturated carbocycles. The molecule has 6 nitrogen and oxygen atoms in total. The molecule has 1 aromatic heterocycles. The maximum absolute atomic E-state index is 13.9. The van der Waals surface area contributed by atoms with Crippen LogP contribution in [-0.2, 0) is 5.54 Å². The molecule has 0 unspecified atom stereocenters. The minimum absolute atomic E-state index is 0.00891. The summed E-state index contributed by atoms with van der Waals surface area (Å²) < 4.78 is 0. The summed E-state index contributed by atoms with van der Waals surface area (Å²) in [6, 6.07) is 16.6. The van der Waals surface area contributed by atoms with Gasteiger partial charge in [-0.1, -0.05) is 43.7 Å². The van der Waals surface area contributed by atoms with Crippen LogP contribution in [0.4, 0.5) is 10.5 Å². The van der Waals surface area contributed by atoms with Crippen LogP contribution in [0.2, 0.25) is 0 Å². The molecule has 0 radical (unpaired) electrons. The Balaban J connectivity index is 1.46. The van der Waals surface area contributed by atoms with Crippen molar-refractivity contribution in [2.24, 2.45) is 5.41 Å². The molecule has 1 saturated heterocycles. The van der Waals surface area contributed by atoms with Crippen molar-refractivity contribution < 1.29 is 4.79 Å². The van der Waals surface area contributed by atoms with Crippen molar-refractivity contribution in [1.29, 1.82) is 5.26 Å². The molecular formula is C28H35N5O. The number of carbonyl (C=O) groups is 1. The van der Waals surface area contributed by atoms with Crippen LogP contribution in [0.3, 0.4) is 0 Å². The molecule has 3 fully saturated rings. The standard InChI is InChI=1S/C28H35N5O/c1-26(12-7-13-26)20-33-25(34)32(24-11-10-23(18-29)30-19-24)21-27(33)14-16-28(17-15-27,31(2)3)22-8-5-4-6-9-22/h4-6,8-11,19H,7,12-17,20-21H2,1-3H3. The van der Waals surface area contributed by atoms with Gasteiger partial charge in [0.1, 0.15) is 11.8 Å². The molecule has 2 aliphatic carbocycles. The van der Waals surface area contributed by atoms with Crippen LogP contribution in [0, 0.1) is 16.7 Å². The molecule has 1 aliphatic heterocycles. The van der Waals surface area contributed by atoms with E-state index in [4.69, 9.17) is 5.26 Å². The second kappa shape index (κ2) is 8.39. The highest BCUT2D eigenvalue weighted by Gasteiger charge is 2.56. The van der Waals surface area contributed by atoms with Crippen LogP contribution >= 0.6 is 0 Å². The zero-order valence-corrected chi connectivity index (χ0v) is 20.6. The van der Waals surface area contributed by atoms with Crippen LogP contribution in [0.5, 0.6) is 0 Å². The third kappa shape index (κ3) is 3.67. The van der Waals surface area contributed by atoms with Gasteiger partial charge in [-0.05, 0) is 75.7 Å². The number of amides is 2. The van der Waals surface area contributed by atoms with Gasteiger partial charge in [-0.25, -0.2) is 9.78 Å². The van der Waals surface area contributed by atoms with Crippen LogP contribution in [0.25, 0.3) is 0 Å². The Labute approximate surface area is 203 Å². The number of pyridine rings is 1. The van der Waals surface area contributed by atoms with E-state index in [1.165, 1.54) is 24.8 Å². The number of urea groups is 1. The first-order valence-electron chi connectivity index (χ1n) is 12.5. The van der Waals surface area contributed by atoms with E-state index in [-0.39, 0.29) is 22.5 Å². The highest BCUT2D eigenvalue weighted by atomic mass is 16.2. The fourth-order valence-electron chi connectivity index (χ4n) is 6.46. The minimum Gasteiger partial charge on any atom is -0.316 e. The number of benzene rings is 1. The Bertz CT molecular complexity index is 1080. The number of nitrogens with zero attached hydrogens (tertiary/aromatic N) is 5. The fourth-order valence-corrected chi connectivity index (χ4v) is 6.46. The summed E-state index contributed by atoms with van der Waals surface area (Å²) in [6.45, 7) is 3.85. The number of hydrogen-bond donors (Lipinski definition) is 0. The Morgan fingerprint density at radius 3 is 2.26 bits per heavy atom. The lowest BCUT2D eigenvalue weighted by molar-refractivity contribution is 0.000420. The van der Waals surface area contributed by atoms with Gasteiger partial charge in [0.05, 0.1) is 24.0 Å². The number of hydrogen-bond acceptors (Lipinski definition) is 4. The molecule has 2 aromatic rings. The fraction of sp³-hybridized carbons (Fsp3) is 0.536. The molecule has 34 heavy (non-hydrogen) atoms. The molecule has 1 aromatic carbocycles. The number of carbonyl (C=O) groups excluding carboxylic acids is 1. The largest absolute Gasteiger partial charge is 0.325 e. The normalized spacial score (nSPS) is 28.3. The Hall–Kier alpha value is -2.91. The zero-order chi connectivity index (χ0) is 24.0. The van der Waals surface area contributed by atoms with Crippen LogP contribution < -0.4 is 4.90 Å².